The summed E-state index contributed by atoms with van der Waals surface area (Å²) in [7, 11) is 0. The quantitative estimate of drug-likeness (QED) is 0.474. The lowest BCUT2D eigenvalue weighted by Crippen LogP contribution is -2.18. The minimum atomic E-state index is -0.715. The van der Waals surface area contributed by atoms with Crippen LogP contribution in [0.3, 0.4) is 0 Å². The van der Waals surface area contributed by atoms with Gasteiger partial charge in [0.1, 0.15) is 5.78 Å². The number of aliphatic carboxylic acids is 1. The summed E-state index contributed by atoms with van der Waals surface area (Å²) in [6, 6.07) is 0. The van der Waals surface area contributed by atoms with Crippen LogP contribution in [0.1, 0.15) is 97.8 Å². The maximum atomic E-state index is 12.1. The van der Waals surface area contributed by atoms with Crippen LogP contribution >= 0.6 is 0 Å². The van der Waals surface area contributed by atoms with Crippen molar-refractivity contribution in [1.29, 1.82) is 0 Å². The molecule has 0 heterocycles. The Morgan fingerprint density at radius 1 is 1.13 bits per heavy atom. The molecular weight excluding hydrogens is 288 g/mol. The number of ketones is 1. The number of hydrogen-bond donors (Lipinski definition) is 1. The van der Waals surface area contributed by atoms with E-state index in [1.807, 2.05) is 13.8 Å². The third kappa shape index (κ3) is 7.99. The van der Waals surface area contributed by atoms with Crippen molar-refractivity contribution in [3.05, 3.63) is 0 Å². The van der Waals surface area contributed by atoms with Crippen molar-refractivity contribution in [2.75, 3.05) is 0 Å². The standard InChI is InChI=1S/C20H36O3/c1-4-5-6-7-10-16-12-13-18(21)17(16)11-8-9-14-20(2,3)15-19(22)23/h16-17H,4-15H2,1-3H3,(H,22,23)/t16-,17+/m0/s1. The Balaban J connectivity index is 2.28. The van der Waals surface area contributed by atoms with Gasteiger partial charge in [0.2, 0.25) is 0 Å². The summed E-state index contributed by atoms with van der Waals surface area (Å²) < 4.78 is 0. The molecule has 0 spiro atoms. The van der Waals surface area contributed by atoms with Crippen molar-refractivity contribution in [2.45, 2.75) is 97.8 Å². The zero-order valence-corrected chi connectivity index (χ0v) is 15.4. The van der Waals surface area contributed by atoms with Gasteiger partial charge in [-0.25, -0.2) is 0 Å². The van der Waals surface area contributed by atoms with E-state index in [0.717, 1.165) is 38.5 Å². The Morgan fingerprint density at radius 3 is 2.48 bits per heavy atom. The molecule has 0 unspecified atom stereocenters. The topological polar surface area (TPSA) is 54.4 Å². The van der Waals surface area contributed by atoms with Gasteiger partial charge >= 0.3 is 5.97 Å². The first-order valence-corrected chi connectivity index (χ1v) is 9.60. The lowest BCUT2D eigenvalue weighted by atomic mass is 9.82. The number of unbranched alkanes of at least 4 members (excludes halogenated alkanes) is 4. The van der Waals surface area contributed by atoms with Gasteiger partial charge in [-0.1, -0.05) is 59.3 Å². The highest BCUT2D eigenvalue weighted by atomic mass is 16.4. The molecule has 1 N–H and O–H groups in total. The Hall–Kier alpha value is -0.860. The zero-order valence-electron chi connectivity index (χ0n) is 15.4. The van der Waals surface area contributed by atoms with Gasteiger partial charge in [0.25, 0.3) is 0 Å². The molecule has 1 rings (SSSR count). The van der Waals surface area contributed by atoms with Gasteiger partial charge in [-0.2, -0.15) is 0 Å². The van der Waals surface area contributed by atoms with Gasteiger partial charge in [0, 0.05) is 12.3 Å². The predicted molar refractivity (Wildman–Crippen MR) is 94.5 cm³/mol. The molecule has 1 fully saturated rings. The molecule has 0 bridgehead atoms. The molecule has 0 saturated heterocycles. The van der Waals surface area contributed by atoms with E-state index in [-0.39, 0.29) is 11.8 Å². The number of carboxylic acid groups (broad SMARTS) is 1. The molecule has 0 amide bonds. The average molecular weight is 325 g/mol. The van der Waals surface area contributed by atoms with Crippen LogP contribution in [0.5, 0.6) is 0 Å². The number of Topliss-reactive ketones (excluding diaryl/α,β-unsaturated/α-hetero) is 1. The summed E-state index contributed by atoms with van der Waals surface area (Å²) in [6.07, 6.45) is 12.5. The second kappa shape index (κ2) is 10.1. The van der Waals surface area contributed by atoms with Crippen molar-refractivity contribution in [2.24, 2.45) is 17.3 Å². The highest BCUT2D eigenvalue weighted by Gasteiger charge is 2.33. The van der Waals surface area contributed by atoms with E-state index in [4.69, 9.17) is 5.11 Å². The third-order valence-corrected chi connectivity index (χ3v) is 5.42. The van der Waals surface area contributed by atoms with E-state index in [2.05, 4.69) is 6.92 Å². The Labute approximate surface area is 142 Å². The van der Waals surface area contributed by atoms with Gasteiger partial charge in [0.05, 0.1) is 6.42 Å². The predicted octanol–water partition coefficient (Wildman–Crippen LogP) is 5.61. The second-order valence-electron chi connectivity index (χ2n) is 8.20. The van der Waals surface area contributed by atoms with Gasteiger partial charge in [-0.05, 0) is 37.0 Å². The van der Waals surface area contributed by atoms with Gasteiger partial charge < -0.3 is 5.11 Å². The van der Waals surface area contributed by atoms with Crippen LogP contribution in [-0.2, 0) is 9.59 Å². The maximum Gasteiger partial charge on any atom is 0.303 e. The largest absolute Gasteiger partial charge is 0.481 e. The molecule has 1 saturated carbocycles. The number of carbonyl (C=O) groups excluding carboxylic acids is 1. The molecule has 3 nitrogen and oxygen atoms in total. The van der Waals surface area contributed by atoms with Crippen LogP contribution in [0.15, 0.2) is 0 Å². The maximum absolute atomic E-state index is 12.1. The summed E-state index contributed by atoms with van der Waals surface area (Å²) in [6.45, 7) is 6.28. The summed E-state index contributed by atoms with van der Waals surface area (Å²) in [5, 5.41) is 8.92. The van der Waals surface area contributed by atoms with Gasteiger partial charge in [-0.3, -0.25) is 9.59 Å². The van der Waals surface area contributed by atoms with E-state index in [1.165, 1.54) is 32.1 Å². The lowest BCUT2D eigenvalue weighted by molar-refractivity contribution is -0.139. The van der Waals surface area contributed by atoms with E-state index < -0.39 is 5.97 Å². The van der Waals surface area contributed by atoms with Crippen molar-refractivity contribution in [1.82, 2.24) is 0 Å². The number of carbonyl (C=O) groups is 2. The van der Waals surface area contributed by atoms with Crippen molar-refractivity contribution in [3.8, 4) is 0 Å². The van der Waals surface area contributed by atoms with Crippen LogP contribution in [-0.4, -0.2) is 16.9 Å². The minimum Gasteiger partial charge on any atom is -0.481 e. The van der Waals surface area contributed by atoms with Crippen LogP contribution in [0.4, 0.5) is 0 Å². The van der Waals surface area contributed by atoms with E-state index in [9.17, 15) is 9.59 Å². The summed E-state index contributed by atoms with van der Waals surface area (Å²) in [4.78, 5) is 23.0. The van der Waals surface area contributed by atoms with Crippen LogP contribution in [0, 0.1) is 17.3 Å². The smallest absolute Gasteiger partial charge is 0.303 e. The summed E-state index contributed by atoms with van der Waals surface area (Å²) in [5.41, 5.74) is -0.134. The third-order valence-electron chi connectivity index (χ3n) is 5.42. The fourth-order valence-corrected chi connectivity index (χ4v) is 4.02. The van der Waals surface area contributed by atoms with Crippen LogP contribution in [0.2, 0.25) is 0 Å². The average Bonchev–Trinajstić information content (AvgIpc) is 2.79. The summed E-state index contributed by atoms with van der Waals surface area (Å²) >= 11 is 0. The Bertz CT molecular complexity index is 373. The number of hydrogen-bond acceptors (Lipinski definition) is 2. The van der Waals surface area contributed by atoms with Crippen molar-refractivity contribution < 1.29 is 14.7 Å². The molecule has 1 aliphatic rings. The molecule has 134 valence electrons. The van der Waals surface area contributed by atoms with Crippen molar-refractivity contribution in [3.63, 3.8) is 0 Å². The Kier molecular flexibility index (Phi) is 8.86. The van der Waals surface area contributed by atoms with E-state index in [1.54, 1.807) is 0 Å². The fourth-order valence-electron chi connectivity index (χ4n) is 4.02. The first kappa shape index (κ1) is 20.2. The van der Waals surface area contributed by atoms with E-state index >= 15 is 0 Å². The lowest BCUT2D eigenvalue weighted by Gasteiger charge is -2.23. The monoisotopic (exact) mass is 324 g/mol. The van der Waals surface area contributed by atoms with Gasteiger partial charge in [0.15, 0.2) is 0 Å². The SMILES string of the molecule is CCCCCC[C@H]1CCC(=O)[C@@H]1CCCCC(C)(C)CC(=O)O. The zero-order chi connectivity index (χ0) is 17.3. The van der Waals surface area contributed by atoms with Gasteiger partial charge in [-0.15, -0.1) is 0 Å². The van der Waals surface area contributed by atoms with Crippen LogP contribution < -0.4 is 0 Å². The number of carboxylic acids is 1. The van der Waals surface area contributed by atoms with E-state index in [0.29, 0.717) is 17.6 Å². The Morgan fingerprint density at radius 2 is 1.83 bits per heavy atom. The normalized spacial score (nSPS) is 21.8. The molecule has 1 aliphatic carbocycles. The molecule has 2 atom stereocenters. The first-order valence-electron chi connectivity index (χ1n) is 9.60. The van der Waals surface area contributed by atoms with Crippen LogP contribution in [0.25, 0.3) is 0 Å². The molecular formula is C20H36O3. The molecule has 0 aromatic rings. The minimum absolute atomic E-state index is 0.134. The fraction of sp³-hybridized carbons (Fsp3) is 0.900. The molecule has 0 radical (unpaired) electrons. The molecule has 23 heavy (non-hydrogen) atoms. The molecule has 3 heteroatoms. The summed E-state index contributed by atoms with van der Waals surface area (Å²) in [5.74, 6) is 0.675. The first-order chi connectivity index (χ1) is 10.9. The molecule has 0 aromatic carbocycles. The van der Waals surface area contributed by atoms with Crippen molar-refractivity contribution >= 4 is 11.8 Å². The second-order valence-corrected chi connectivity index (χ2v) is 8.20. The number of rotatable bonds is 12. The highest BCUT2D eigenvalue weighted by molar-refractivity contribution is 5.83. The molecule has 0 aliphatic heterocycles. The highest BCUT2D eigenvalue weighted by Crippen LogP contribution is 2.37. The molecule has 0 aromatic heterocycles.